The Hall–Kier alpha value is -2.12. The summed E-state index contributed by atoms with van der Waals surface area (Å²) in [6.45, 7) is 5.17. The van der Waals surface area contributed by atoms with E-state index in [-0.39, 0.29) is 35.7 Å². The standard InChI is InChI=1S/C21H26O5.C5H10O2/c1-19-7-5-13(23)9-12(19)3-4-14-15-6-8-21(26,17(25)11-22)20(15,2)10-16(24)18(14)19;1-2-3-4-5(6)7/h5,7,9,14-15,18,22,26H,3-4,6,8,10-11H2,1-2H3;2-4H2,1H3,(H,6,7)/t14-,15-,18+,19-,20-,21-;/m0./s1. The van der Waals surface area contributed by atoms with E-state index in [1.807, 2.05) is 26.8 Å². The highest BCUT2D eigenvalue weighted by molar-refractivity contribution is 6.02. The number of carboxylic acid groups (broad SMARTS) is 1. The molecule has 0 saturated heterocycles. The zero-order chi connectivity index (χ0) is 24.6. The molecule has 4 rings (SSSR count). The summed E-state index contributed by atoms with van der Waals surface area (Å²) in [7, 11) is 0. The van der Waals surface area contributed by atoms with Gasteiger partial charge < -0.3 is 15.3 Å². The van der Waals surface area contributed by atoms with Gasteiger partial charge in [0.1, 0.15) is 18.0 Å². The molecule has 3 fully saturated rings. The maximum atomic E-state index is 13.3. The second-order valence-electron chi connectivity index (χ2n) is 10.5. The number of allylic oxidation sites excluding steroid dienone is 4. The minimum Gasteiger partial charge on any atom is -0.481 e. The number of carboxylic acids is 1. The first-order chi connectivity index (χ1) is 15.4. The van der Waals surface area contributed by atoms with Crippen LogP contribution < -0.4 is 0 Å². The summed E-state index contributed by atoms with van der Waals surface area (Å²) in [5.41, 5.74) is -1.86. The molecule has 0 aliphatic heterocycles. The van der Waals surface area contributed by atoms with Crippen molar-refractivity contribution in [2.45, 2.75) is 77.7 Å². The Morgan fingerprint density at radius 2 is 1.88 bits per heavy atom. The SMILES string of the molecule is CCCCC(=O)O.C[C@]12C=CC(=O)C=C1CC[C@@H]1[C@@H]2C(=O)C[C@@]2(C)[C@H]1CC[C@]2(O)C(=O)CO. The second-order valence-corrected chi connectivity index (χ2v) is 10.5. The van der Waals surface area contributed by atoms with Crippen LogP contribution in [0.25, 0.3) is 0 Å². The molecule has 0 heterocycles. The van der Waals surface area contributed by atoms with E-state index in [1.165, 1.54) is 0 Å². The Labute approximate surface area is 194 Å². The van der Waals surface area contributed by atoms with Gasteiger partial charge >= 0.3 is 5.97 Å². The lowest BCUT2D eigenvalue weighted by atomic mass is 9.46. The van der Waals surface area contributed by atoms with Crippen LogP contribution in [0.5, 0.6) is 0 Å². The summed E-state index contributed by atoms with van der Waals surface area (Å²) >= 11 is 0. The van der Waals surface area contributed by atoms with Gasteiger partial charge in [0.25, 0.3) is 0 Å². The third-order valence-corrected chi connectivity index (χ3v) is 8.76. The van der Waals surface area contributed by atoms with Crippen molar-refractivity contribution < 1.29 is 34.5 Å². The number of aliphatic carboxylic acids is 1. The van der Waals surface area contributed by atoms with Gasteiger partial charge in [-0.25, -0.2) is 0 Å². The van der Waals surface area contributed by atoms with Gasteiger partial charge in [-0.3, -0.25) is 19.2 Å². The van der Waals surface area contributed by atoms with Crippen LogP contribution in [0, 0.1) is 28.6 Å². The van der Waals surface area contributed by atoms with Crippen molar-refractivity contribution in [2.24, 2.45) is 28.6 Å². The van der Waals surface area contributed by atoms with Crippen LogP contribution in [0.4, 0.5) is 0 Å². The van der Waals surface area contributed by atoms with Gasteiger partial charge in [-0.1, -0.05) is 38.8 Å². The molecule has 33 heavy (non-hydrogen) atoms. The molecule has 0 unspecified atom stereocenters. The quantitative estimate of drug-likeness (QED) is 0.575. The van der Waals surface area contributed by atoms with Crippen LogP contribution in [-0.2, 0) is 19.2 Å². The smallest absolute Gasteiger partial charge is 0.303 e. The third-order valence-electron chi connectivity index (χ3n) is 8.76. The Bertz CT molecular complexity index is 902. The zero-order valence-corrected chi connectivity index (χ0v) is 19.8. The highest BCUT2D eigenvalue weighted by Gasteiger charge is 2.68. The molecule has 0 aromatic heterocycles. The number of carbonyl (C=O) groups is 4. The fraction of sp³-hybridized carbons (Fsp3) is 0.692. The fourth-order valence-electron chi connectivity index (χ4n) is 6.95. The van der Waals surface area contributed by atoms with Crippen LogP contribution in [0.2, 0.25) is 0 Å². The first-order valence-corrected chi connectivity index (χ1v) is 12.0. The molecule has 0 bridgehead atoms. The van der Waals surface area contributed by atoms with Crippen LogP contribution in [0.15, 0.2) is 23.8 Å². The maximum absolute atomic E-state index is 13.3. The van der Waals surface area contributed by atoms with Gasteiger partial charge in [0, 0.05) is 29.6 Å². The van der Waals surface area contributed by atoms with E-state index in [0.29, 0.717) is 19.3 Å². The third kappa shape index (κ3) is 4.14. The van der Waals surface area contributed by atoms with Crippen LogP contribution >= 0.6 is 0 Å². The predicted octanol–water partition coefficient (Wildman–Crippen LogP) is 3.03. The summed E-state index contributed by atoms with van der Waals surface area (Å²) in [6, 6.07) is 0. The molecule has 4 aliphatic rings. The van der Waals surface area contributed by atoms with Crippen LogP contribution in [0.1, 0.15) is 72.1 Å². The van der Waals surface area contributed by atoms with Crippen molar-refractivity contribution in [2.75, 3.05) is 6.61 Å². The second kappa shape index (κ2) is 9.26. The lowest BCUT2D eigenvalue weighted by Crippen LogP contribution is -2.60. The molecule has 0 amide bonds. The summed E-state index contributed by atoms with van der Waals surface area (Å²) in [5, 5.41) is 28.5. The number of Topliss-reactive ketones (excluding diaryl/α,β-unsaturated/α-hetero) is 2. The summed E-state index contributed by atoms with van der Waals surface area (Å²) < 4.78 is 0. The minimum atomic E-state index is -1.62. The number of rotatable bonds is 5. The zero-order valence-electron chi connectivity index (χ0n) is 19.8. The van der Waals surface area contributed by atoms with Gasteiger partial charge in [-0.15, -0.1) is 0 Å². The fourth-order valence-corrected chi connectivity index (χ4v) is 6.95. The van der Waals surface area contributed by atoms with Crippen LogP contribution in [0.3, 0.4) is 0 Å². The molecule has 3 N–H and O–H groups in total. The van der Waals surface area contributed by atoms with Gasteiger partial charge in [0.15, 0.2) is 11.6 Å². The Kier molecular flexibility index (Phi) is 7.16. The maximum Gasteiger partial charge on any atom is 0.303 e. The number of unbranched alkanes of at least 4 members (excludes halogenated alkanes) is 1. The van der Waals surface area contributed by atoms with Crippen molar-refractivity contribution in [3.63, 3.8) is 0 Å². The van der Waals surface area contributed by atoms with Crippen molar-refractivity contribution in [3.05, 3.63) is 23.8 Å². The molecular weight excluding hydrogens is 424 g/mol. The van der Waals surface area contributed by atoms with E-state index in [4.69, 9.17) is 5.11 Å². The van der Waals surface area contributed by atoms with E-state index in [2.05, 4.69) is 0 Å². The predicted molar refractivity (Wildman–Crippen MR) is 121 cm³/mol. The molecule has 3 saturated carbocycles. The molecule has 0 spiro atoms. The van der Waals surface area contributed by atoms with Crippen molar-refractivity contribution >= 4 is 23.3 Å². The van der Waals surface area contributed by atoms with Crippen molar-refractivity contribution in [3.8, 4) is 0 Å². The molecule has 0 aromatic rings. The summed E-state index contributed by atoms with van der Waals surface area (Å²) in [5.74, 6) is -1.28. The number of hydrogen-bond acceptors (Lipinski definition) is 6. The normalized spacial score (nSPS) is 38.9. The largest absolute Gasteiger partial charge is 0.481 e. The average molecular weight is 461 g/mol. The molecule has 182 valence electrons. The minimum absolute atomic E-state index is 0.0206. The monoisotopic (exact) mass is 460 g/mol. The van der Waals surface area contributed by atoms with Crippen molar-refractivity contribution in [1.29, 1.82) is 0 Å². The van der Waals surface area contributed by atoms with E-state index < -0.39 is 34.8 Å². The highest BCUT2D eigenvalue weighted by Crippen LogP contribution is 2.66. The van der Waals surface area contributed by atoms with Gasteiger partial charge in [0.2, 0.25) is 0 Å². The average Bonchev–Trinajstić information content (AvgIpc) is 3.03. The molecular formula is C26H36O7. The first-order valence-electron chi connectivity index (χ1n) is 12.0. The van der Waals surface area contributed by atoms with Gasteiger partial charge in [0.05, 0.1) is 0 Å². The van der Waals surface area contributed by atoms with Crippen LogP contribution in [-0.4, -0.2) is 50.8 Å². The molecule has 7 heteroatoms. The lowest BCUT2D eigenvalue weighted by Gasteiger charge is -2.56. The lowest BCUT2D eigenvalue weighted by molar-refractivity contribution is -0.168. The van der Waals surface area contributed by atoms with E-state index in [9.17, 15) is 29.4 Å². The number of fused-ring (bicyclic) bond motifs is 5. The van der Waals surface area contributed by atoms with E-state index in [0.717, 1.165) is 31.3 Å². The van der Waals surface area contributed by atoms with E-state index in [1.54, 1.807) is 12.2 Å². The topological polar surface area (TPSA) is 129 Å². The molecule has 0 radical (unpaired) electrons. The van der Waals surface area contributed by atoms with Crippen molar-refractivity contribution in [1.82, 2.24) is 0 Å². The van der Waals surface area contributed by atoms with Gasteiger partial charge in [-0.2, -0.15) is 0 Å². The number of aliphatic hydroxyl groups is 2. The Balaban J connectivity index is 0.000000383. The van der Waals surface area contributed by atoms with Gasteiger partial charge in [-0.05, 0) is 56.1 Å². The molecule has 0 aromatic carbocycles. The molecule has 6 atom stereocenters. The summed E-state index contributed by atoms with van der Waals surface area (Å²) in [6.07, 6.45) is 9.90. The number of carbonyl (C=O) groups excluding carboxylic acids is 3. The number of ketones is 3. The Morgan fingerprint density at radius 3 is 2.45 bits per heavy atom. The number of aliphatic hydroxyl groups excluding tert-OH is 1. The first kappa shape index (κ1) is 25.5. The van der Waals surface area contributed by atoms with E-state index >= 15 is 0 Å². The molecule has 4 aliphatic carbocycles. The number of hydrogen-bond donors (Lipinski definition) is 3. The summed E-state index contributed by atoms with van der Waals surface area (Å²) in [4.78, 5) is 47.2. The Morgan fingerprint density at radius 1 is 1.18 bits per heavy atom. The highest BCUT2D eigenvalue weighted by atomic mass is 16.4. The molecule has 7 nitrogen and oxygen atoms in total.